The van der Waals surface area contributed by atoms with Gasteiger partial charge in [-0.1, -0.05) is 23.7 Å². The van der Waals surface area contributed by atoms with Crippen molar-refractivity contribution in [2.24, 2.45) is 0 Å². The van der Waals surface area contributed by atoms with E-state index >= 15 is 0 Å². The Morgan fingerprint density at radius 3 is 2.26 bits per heavy atom. The van der Waals surface area contributed by atoms with Gasteiger partial charge in [-0.3, -0.25) is 4.79 Å². The molecular formula is C14H8ClF3O. The summed E-state index contributed by atoms with van der Waals surface area (Å²) < 4.78 is 39.4. The topological polar surface area (TPSA) is 17.1 Å². The van der Waals surface area contributed by atoms with Gasteiger partial charge in [-0.15, -0.1) is 0 Å². The highest BCUT2D eigenvalue weighted by molar-refractivity contribution is 6.30. The Kier molecular flexibility index (Phi) is 3.90. The van der Waals surface area contributed by atoms with Crippen LogP contribution in [0.15, 0.2) is 36.4 Å². The van der Waals surface area contributed by atoms with Crippen LogP contribution in [0.5, 0.6) is 0 Å². The van der Waals surface area contributed by atoms with Crippen LogP contribution in [0.1, 0.15) is 15.9 Å². The second kappa shape index (κ2) is 5.45. The second-order valence-electron chi connectivity index (χ2n) is 3.97. The van der Waals surface area contributed by atoms with Crippen LogP contribution in [0.3, 0.4) is 0 Å². The van der Waals surface area contributed by atoms with Crippen LogP contribution in [0.25, 0.3) is 0 Å². The van der Waals surface area contributed by atoms with Gasteiger partial charge < -0.3 is 0 Å². The zero-order valence-electron chi connectivity index (χ0n) is 9.59. The fourth-order valence-electron chi connectivity index (χ4n) is 1.62. The minimum absolute atomic E-state index is 0.141. The number of carbonyl (C=O) groups is 1. The molecule has 1 nitrogen and oxygen atoms in total. The van der Waals surface area contributed by atoms with E-state index in [1.807, 2.05) is 0 Å². The SMILES string of the molecule is O=C(Cc1ccc(F)cc1)c1cc(F)c(Cl)cc1F. The van der Waals surface area contributed by atoms with Gasteiger partial charge in [0.2, 0.25) is 0 Å². The van der Waals surface area contributed by atoms with Crippen molar-refractivity contribution < 1.29 is 18.0 Å². The van der Waals surface area contributed by atoms with Gasteiger partial charge >= 0.3 is 0 Å². The van der Waals surface area contributed by atoms with Crippen LogP contribution < -0.4 is 0 Å². The lowest BCUT2D eigenvalue weighted by molar-refractivity contribution is 0.0988. The third-order valence-corrected chi connectivity index (χ3v) is 2.88. The molecule has 0 saturated carbocycles. The summed E-state index contributed by atoms with van der Waals surface area (Å²) in [5.41, 5.74) is 0.146. The van der Waals surface area contributed by atoms with Gasteiger partial charge in [0.25, 0.3) is 0 Å². The number of rotatable bonds is 3. The first kappa shape index (κ1) is 13.6. The van der Waals surface area contributed by atoms with Crippen molar-refractivity contribution in [1.29, 1.82) is 0 Å². The molecule has 0 heterocycles. The van der Waals surface area contributed by atoms with Crippen molar-refractivity contribution in [3.63, 3.8) is 0 Å². The smallest absolute Gasteiger partial charge is 0.170 e. The number of hydrogen-bond donors (Lipinski definition) is 0. The molecule has 98 valence electrons. The molecule has 0 amide bonds. The van der Waals surface area contributed by atoms with E-state index in [1.165, 1.54) is 24.3 Å². The monoisotopic (exact) mass is 284 g/mol. The lowest BCUT2D eigenvalue weighted by Crippen LogP contribution is -2.07. The van der Waals surface area contributed by atoms with E-state index in [-0.39, 0.29) is 17.0 Å². The summed E-state index contributed by atoms with van der Waals surface area (Å²) >= 11 is 5.40. The van der Waals surface area contributed by atoms with Crippen LogP contribution in [-0.2, 0) is 6.42 Å². The average Bonchev–Trinajstić information content (AvgIpc) is 2.36. The highest BCUT2D eigenvalue weighted by Crippen LogP contribution is 2.20. The molecule has 0 aliphatic carbocycles. The molecule has 0 aliphatic heterocycles. The summed E-state index contributed by atoms with van der Waals surface area (Å²) in [6, 6.07) is 6.75. The summed E-state index contributed by atoms with van der Waals surface area (Å²) in [6.45, 7) is 0. The second-order valence-corrected chi connectivity index (χ2v) is 4.38. The van der Waals surface area contributed by atoms with E-state index in [9.17, 15) is 18.0 Å². The van der Waals surface area contributed by atoms with E-state index in [1.54, 1.807) is 0 Å². The maximum absolute atomic E-state index is 13.5. The van der Waals surface area contributed by atoms with Gasteiger partial charge in [0, 0.05) is 6.42 Å². The number of hydrogen-bond acceptors (Lipinski definition) is 1. The van der Waals surface area contributed by atoms with E-state index in [0.29, 0.717) is 5.56 Å². The molecule has 2 rings (SSSR count). The summed E-state index contributed by atoms with van der Waals surface area (Å²) in [7, 11) is 0. The zero-order valence-corrected chi connectivity index (χ0v) is 10.3. The molecule has 0 bridgehead atoms. The van der Waals surface area contributed by atoms with Gasteiger partial charge in [0.15, 0.2) is 5.78 Å². The highest BCUT2D eigenvalue weighted by Gasteiger charge is 2.15. The molecule has 2 aromatic rings. The molecule has 0 atom stereocenters. The Hall–Kier alpha value is -1.81. The first-order valence-electron chi connectivity index (χ1n) is 5.39. The Morgan fingerprint density at radius 2 is 1.63 bits per heavy atom. The first-order valence-corrected chi connectivity index (χ1v) is 5.77. The predicted octanol–water partition coefficient (Wildman–Crippen LogP) is 4.18. The molecule has 19 heavy (non-hydrogen) atoms. The lowest BCUT2D eigenvalue weighted by Gasteiger charge is -2.04. The van der Waals surface area contributed by atoms with Crippen LogP contribution >= 0.6 is 11.6 Å². The molecule has 0 aromatic heterocycles. The number of carbonyl (C=O) groups excluding carboxylic acids is 1. The van der Waals surface area contributed by atoms with Crippen molar-refractivity contribution in [2.75, 3.05) is 0 Å². The fourth-order valence-corrected chi connectivity index (χ4v) is 1.77. The third-order valence-electron chi connectivity index (χ3n) is 2.59. The van der Waals surface area contributed by atoms with Crippen LogP contribution in [-0.4, -0.2) is 5.78 Å². The molecule has 0 N–H and O–H groups in total. The number of benzene rings is 2. The Labute approximate surface area is 112 Å². The van der Waals surface area contributed by atoms with Crippen LogP contribution in [0.2, 0.25) is 5.02 Å². The lowest BCUT2D eigenvalue weighted by atomic mass is 10.0. The largest absolute Gasteiger partial charge is 0.294 e. The minimum Gasteiger partial charge on any atom is -0.294 e. The van der Waals surface area contributed by atoms with Crippen molar-refractivity contribution in [1.82, 2.24) is 0 Å². The standard InChI is InChI=1S/C14H8ClF3O/c15-11-7-12(17)10(6-13(11)18)14(19)5-8-1-3-9(16)4-2-8/h1-4,6-7H,5H2. The predicted molar refractivity (Wildman–Crippen MR) is 65.8 cm³/mol. The summed E-state index contributed by atoms with van der Waals surface area (Å²) in [5.74, 6) is -2.76. The molecule has 0 saturated heterocycles. The van der Waals surface area contributed by atoms with E-state index < -0.39 is 23.2 Å². The van der Waals surface area contributed by atoms with Crippen molar-refractivity contribution in [3.8, 4) is 0 Å². The highest BCUT2D eigenvalue weighted by atomic mass is 35.5. The molecule has 0 unspecified atom stereocenters. The first-order chi connectivity index (χ1) is 8.97. The van der Waals surface area contributed by atoms with Gasteiger partial charge in [0.05, 0.1) is 10.6 Å². The Morgan fingerprint density at radius 1 is 1.00 bits per heavy atom. The Balaban J connectivity index is 2.25. The molecule has 0 spiro atoms. The average molecular weight is 285 g/mol. The normalized spacial score (nSPS) is 10.5. The van der Waals surface area contributed by atoms with Crippen LogP contribution in [0.4, 0.5) is 13.2 Å². The van der Waals surface area contributed by atoms with E-state index in [0.717, 1.165) is 12.1 Å². The maximum atomic E-state index is 13.5. The number of ketones is 1. The Bertz CT molecular complexity index is 623. The molecule has 0 fully saturated rings. The van der Waals surface area contributed by atoms with Crippen LogP contribution in [0, 0.1) is 17.5 Å². The van der Waals surface area contributed by atoms with Crippen molar-refractivity contribution in [3.05, 3.63) is 70.0 Å². The fraction of sp³-hybridized carbons (Fsp3) is 0.0714. The maximum Gasteiger partial charge on any atom is 0.170 e. The number of halogens is 4. The summed E-state index contributed by atoms with van der Waals surface area (Å²) in [4.78, 5) is 11.8. The quantitative estimate of drug-likeness (QED) is 0.610. The van der Waals surface area contributed by atoms with Gasteiger partial charge in [0.1, 0.15) is 17.5 Å². The molecule has 5 heteroatoms. The van der Waals surface area contributed by atoms with E-state index in [4.69, 9.17) is 11.6 Å². The zero-order chi connectivity index (χ0) is 14.0. The molecular weight excluding hydrogens is 277 g/mol. The summed E-state index contributed by atoms with van der Waals surface area (Å²) in [5, 5.41) is -0.379. The molecule has 2 aromatic carbocycles. The minimum atomic E-state index is -0.876. The van der Waals surface area contributed by atoms with Gasteiger partial charge in [-0.05, 0) is 29.8 Å². The van der Waals surface area contributed by atoms with Crippen molar-refractivity contribution >= 4 is 17.4 Å². The molecule has 0 aliphatic rings. The number of Topliss-reactive ketones (excluding diaryl/α,β-unsaturated/α-hetero) is 1. The third kappa shape index (κ3) is 3.15. The van der Waals surface area contributed by atoms with Crippen molar-refractivity contribution in [2.45, 2.75) is 6.42 Å². The van der Waals surface area contributed by atoms with E-state index in [2.05, 4.69) is 0 Å². The van der Waals surface area contributed by atoms with Gasteiger partial charge in [-0.2, -0.15) is 0 Å². The van der Waals surface area contributed by atoms with Gasteiger partial charge in [-0.25, -0.2) is 13.2 Å². The summed E-state index contributed by atoms with van der Waals surface area (Å²) in [6.07, 6.45) is -0.141. The molecule has 0 radical (unpaired) electrons.